The first-order valence-electron chi connectivity index (χ1n) is 34.5. The molecule has 4 aromatic heterocycles. The van der Waals surface area contributed by atoms with Crippen LogP contribution in [0.15, 0.2) is 71.5 Å². The van der Waals surface area contributed by atoms with Crippen LogP contribution in [0.4, 0.5) is 0 Å². The van der Waals surface area contributed by atoms with Crippen molar-refractivity contribution >= 4 is 151 Å². The van der Waals surface area contributed by atoms with E-state index >= 15 is 0 Å². The number of carboxylic acids is 1. The first kappa shape index (κ1) is 77.8. The van der Waals surface area contributed by atoms with E-state index in [9.17, 15) is 42.3 Å². The van der Waals surface area contributed by atoms with Crippen molar-refractivity contribution in [3.8, 4) is 44.4 Å². The highest BCUT2D eigenvalue weighted by Crippen LogP contribution is 2.50. The van der Waals surface area contributed by atoms with Crippen molar-refractivity contribution in [2.45, 2.75) is 172 Å². The van der Waals surface area contributed by atoms with Gasteiger partial charge in [-0.3, -0.25) is 28.7 Å². The SMILES string of the molecule is COc1ccc2c(O[C@@H]3C[C@H]4C(=O)N[C@]5(C(=O)NS(=O)(=O)C6CC6)C[C@H]5/C=C\CCCCN(C)C(=O)[C@@H]4C3)cc(-c3nc(C(C)C)cs3)nc2c1C.COc1ccc2c(O[C@@H]3C[C@H]4C(=O)N[C@]5(C(=O)O)C[C@H]5/C=C\CCCCN(C)C(=O)[C@@H]4C3)cc(-c3nc(C(C)C)cs3)nc2c1C.I.II. The number of benzene rings is 2. The Bertz CT molecular complexity index is 4300. The lowest BCUT2D eigenvalue weighted by molar-refractivity contribution is -0.145. The standard InChI is InChI=1S/C38H47N5O7S2.C35H42N4O6S.I2.HI/c1-21(2)30-20-51-35(40-30)29-18-32(26-13-14-31(49-5)22(3)33(26)39-29)50-24-16-27-28(17-24)36(45)43(4)15-9-7-6-8-10-23-19-38(23,41-34(27)44)37(46)42-52(47,48)25-11-12-25;1-19(2)27-18-46-32(37-27)26-16-29(23-11-12-28(44-5)20(3)30(23)36-26)45-22-14-24-25(15-22)33(41)39(4)13-9-7-6-8-10-21-17-35(21,34(42)43)38-31(24)40;1-2;/h8,10,13-14,18,20-21,23-25,27-28H,6-7,9,11-12,15-17,19H2,1-5H3,(H,41,44)(H,42,46);8,10-12,16,18-19,21-22,24-25H,6-7,9,13-15,17H2,1-5H3,(H,38,40)(H,42,43);;1H/b2*10-8-;;/t23-,24-,27-,28-,38-;21-,22-,24-,25-,35-;;/m11../s1. The number of pyridine rings is 2. The summed E-state index contributed by atoms with van der Waals surface area (Å²) in [7, 11) is 2.96. The van der Waals surface area contributed by atoms with E-state index in [1.165, 1.54) is 22.7 Å². The fourth-order valence-corrected chi connectivity index (χ4v) is 17.6. The summed E-state index contributed by atoms with van der Waals surface area (Å²) < 4.78 is 52.5. The molecule has 6 heterocycles. The molecule has 22 nitrogen and oxygen atoms in total. The first-order chi connectivity index (χ1) is 47.8. The van der Waals surface area contributed by atoms with Crippen LogP contribution in [0.2, 0.25) is 0 Å². The lowest BCUT2D eigenvalue weighted by Gasteiger charge is -2.26. The molecule has 0 spiro atoms. The maximum absolute atomic E-state index is 14.3. The van der Waals surface area contributed by atoms with Crippen LogP contribution in [0.25, 0.3) is 43.2 Å². The number of thiazole rings is 2. The number of sulfonamides is 1. The van der Waals surface area contributed by atoms with E-state index in [0.717, 1.165) is 87.3 Å². The number of halogens is 3. The van der Waals surface area contributed by atoms with Gasteiger partial charge >= 0.3 is 5.97 Å². The molecular formula is C73H90I3N9O13S3. The van der Waals surface area contributed by atoms with Crippen molar-refractivity contribution in [1.29, 1.82) is 0 Å². The molecule has 28 heteroatoms. The predicted molar refractivity (Wildman–Crippen MR) is 418 cm³/mol. The lowest BCUT2D eigenvalue weighted by atomic mass is 9.93. The largest absolute Gasteiger partial charge is 0.496 e. The maximum Gasteiger partial charge on any atom is 0.330 e. The second kappa shape index (κ2) is 32.7. The molecule has 2 aliphatic heterocycles. The van der Waals surface area contributed by atoms with Crippen molar-refractivity contribution in [2.75, 3.05) is 41.4 Å². The number of aromatic nitrogens is 4. The number of carbonyl (C=O) groups excluding carboxylic acids is 5. The van der Waals surface area contributed by atoms with Crippen LogP contribution >= 0.6 is 83.9 Å². The summed E-state index contributed by atoms with van der Waals surface area (Å²) in [5, 5.41) is 22.5. The Morgan fingerprint density at radius 1 is 0.634 bits per heavy atom. The Kier molecular flexibility index (Phi) is 25.2. The normalized spacial score (nSPS) is 26.7. The van der Waals surface area contributed by atoms with Gasteiger partial charge in [0.25, 0.3) is 5.91 Å². The number of fused-ring (bicyclic) bond motifs is 6. The Hall–Kier alpha value is -5.84. The molecule has 4 N–H and O–H groups in total. The second-order valence-electron chi connectivity index (χ2n) is 28.3. The number of carboxylic acid groups (broad SMARTS) is 1. The third-order valence-electron chi connectivity index (χ3n) is 20.8. The van der Waals surface area contributed by atoms with Crippen molar-refractivity contribution in [2.24, 2.45) is 35.5 Å². The van der Waals surface area contributed by atoms with Gasteiger partial charge in [0.05, 0.1) is 65.6 Å². The van der Waals surface area contributed by atoms with Crippen LogP contribution in [-0.4, -0.2) is 149 Å². The van der Waals surface area contributed by atoms with E-state index in [0.29, 0.717) is 85.1 Å². The van der Waals surface area contributed by atoms with Crippen LogP contribution in [0.1, 0.15) is 152 Å². The molecule has 101 heavy (non-hydrogen) atoms. The number of ether oxygens (including phenoxy) is 4. The molecule has 5 saturated carbocycles. The quantitative estimate of drug-likeness (QED) is 0.0582. The number of rotatable bonds is 14. The molecule has 7 aliphatic rings. The van der Waals surface area contributed by atoms with Gasteiger partial charge in [-0.05, 0) is 140 Å². The molecule has 2 aromatic carbocycles. The number of aliphatic carboxylic acids is 1. The molecule has 6 aromatic rings. The van der Waals surface area contributed by atoms with Crippen LogP contribution < -0.4 is 34.3 Å². The average molecular weight is 1780 g/mol. The van der Waals surface area contributed by atoms with E-state index in [4.69, 9.17) is 38.9 Å². The van der Waals surface area contributed by atoms with E-state index in [1.54, 1.807) is 38.1 Å². The Morgan fingerprint density at radius 2 is 1.05 bits per heavy atom. The highest BCUT2D eigenvalue weighted by molar-refractivity contribution is 15.0. The molecule has 0 bridgehead atoms. The highest BCUT2D eigenvalue weighted by Gasteiger charge is 2.63. The van der Waals surface area contributed by atoms with Crippen LogP contribution in [0, 0.1) is 49.4 Å². The van der Waals surface area contributed by atoms with Crippen LogP contribution in [0.3, 0.4) is 0 Å². The zero-order valence-electron chi connectivity index (χ0n) is 58.5. The topological polar surface area (TPSA) is 288 Å². The minimum Gasteiger partial charge on any atom is -0.496 e. The third kappa shape index (κ3) is 16.8. The molecule has 0 radical (unpaired) electrons. The van der Waals surface area contributed by atoms with Crippen LogP contribution in [0.5, 0.6) is 23.0 Å². The zero-order valence-corrected chi connectivity index (χ0v) is 67.6. The zero-order chi connectivity index (χ0) is 71.7. The van der Waals surface area contributed by atoms with Gasteiger partial charge < -0.3 is 44.5 Å². The van der Waals surface area contributed by atoms with E-state index in [2.05, 4.69) is 80.3 Å². The fraction of sp³-hybridized carbons (Fsp3) is 0.534. The Balaban J connectivity index is 0.000000212. The van der Waals surface area contributed by atoms with Crippen LogP contribution in [-0.2, 0) is 38.8 Å². The number of aryl methyl sites for hydroxylation is 2. The first-order valence-corrected chi connectivity index (χ1v) is 44.0. The summed E-state index contributed by atoms with van der Waals surface area (Å²) >= 11 is 7.28. The summed E-state index contributed by atoms with van der Waals surface area (Å²) in [5.41, 5.74) is 3.74. The Morgan fingerprint density at radius 3 is 1.46 bits per heavy atom. The van der Waals surface area contributed by atoms with Gasteiger partial charge in [-0.1, -0.05) is 52.0 Å². The van der Waals surface area contributed by atoms with E-state index < -0.39 is 85.9 Å². The minimum absolute atomic E-state index is 0. The summed E-state index contributed by atoms with van der Waals surface area (Å²) in [6.07, 6.45) is 14.6. The smallest absolute Gasteiger partial charge is 0.330 e. The molecule has 13 rings (SSSR count). The third-order valence-corrected chi connectivity index (χ3v) is 24.3. The minimum atomic E-state index is -3.83. The lowest BCUT2D eigenvalue weighted by Crippen LogP contribution is -2.54. The maximum atomic E-state index is 14.3. The molecular weight excluding hydrogens is 1690 g/mol. The van der Waals surface area contributed by atoms with Crippen molar-refractivity contribution in [3.63, 3.8) is 0 Å². The summed E-state index contributed by atoms with van der Waals surface area (Å²) in [5.74, 6) is -3.21. The van der Waals surface area contributed by atoms with Gasteiger partial charge in [0.2, 0.25) is 33.7 Å². The summed E-state index contributed by atoms with van der Waals surface area (Å²) in [4.78, 5) is 105. The second-order valence-corrected chi connectivity index (χ2v) is 32.0. The van der Waals surface area contributed by atoms with Crippen molar-refractivity contribution in [1.82, 2.24) is 45.1 Å². The molecule has 544 valence electrons. The molecule has 10 atom stereocenters. The van der Waals surface area contributed by atoms with E-state index in [1.807, 2.05) is 85.3 Å². The molecule has 0 saturated heterocycles. The number of hydrogen-bond acceptors (Lipinski definition) is 18. The van der Waals surface area contributed by atoms with Gasteiger partial charge in [-0.25, -0.2) is 33.1 Å². The number of nitrogens with zero attached hydrogens (tertiary/aromatic N) is 6. The summed E-state index contributed by atoms with van der Waals surface area (Å²) in [6, 6.07) is 11.4. The van der Waals surface area contributed by atoms with Gasteiger partial charge in [-0.2, -0.15) is 0 Å². The predicted octanol–water partition coefficient (Wildman–Crippen LogP) is 13.4. The molecule has 5 aliphatic carbocycles. The highest BCUT2D eigenvalue weighted by atomic mass is 128. The van der Waals surface area contributed by atoms with Crippen molar-refractivity contribution in [3.05, 3.63) is 94.0 Å². The number of carbonyl (C=O) groups is 6. The average Bonchev–Trinajstić information content (AvgIpc) is 1.59. The van der Waals surface area contributed by atoms with E-state index in [-0.39, 0.29) is 78.7 Å². The number of nitrogens with one attached hydrogen (secondary N) is 3. The van der Waals surface area contributed by atoms with Gasteiger partial charge in [-0.15, -0.1) is 46.7 Å². The fourth-order valence-electron chi connectivity index (χ4n) is 14.4. The number of methoxy groups -OCH3 is 2. The summed E-state index contributed by atoms with van der Waals surface area (Å²) in [6.45, 7) is 13.4. The molecule has 5 fully saturated rings. The van der Waals surface area contributed by atoms with Gasteiger partial charge in [0.1, 0.15) is 67.7 Å². The number of hydrogen-bond donors (Lipinski definition) is 4. The number of allylic oxidation sites excluding steroid dienone is 2. The number of amides is 5. The van der Waals surface area contributed by atoms with Gasteiger partial charge in [0.15, 0.2) is 0 Å². The van der Waals surface area contributed by atoms with Gasteiger partial charge in [0, 0.05) is 121 Å². The Labute approximate surface area is 638 Å². The van der Waals surface area contributed by atoms with Crippen molar-refractivity contribution < 1.29 is 61.2 Å². The molecule has 5 amide bonds. The monoisotopic (exact) mass is 1780 g/mol. The molecule has 0 unspecified atom stereocenters.